The molecule has 0 radical (unpaired) electrons. The molecule has 1 aromatic carbocycles. The topological polar surface area (TPSA) is 87.5 Å². The van der Waals surface area contributed by atoms with Gasteiger partial charge in [0.1, 0.15) is 17.5 Å². The predicted octanol–water partition coefficient (Wildman–Crippen LogP) is 4.62. The molecule has 3 aromatic rings. The van der Waals surface area contributed by atoms with Gasteiger partial charge in [-0.2, -0.15) is 0 Å². The zero-order valence-electron chi connectivity index (χ0n) is 17.4. The van der Waals surface area contributed by atoms with E-state index in [1.165, 1.54) is 12.1 Å². The van der Waals surface area contributed by atoms with Gasteiger partial charge in [-0.3, -0.25) is 14.7 Å². The van der Waals surface area contributed by atoms with E-state index in [4.69, 9.17) is 0 Å². The molecule has 0 bridgehead atoms. The molecule has 0 aliphatic carbocycles. The van der Waals surface area contributed by atoms with E-state index in [2.05, 4.69) is 19.7 Å². The quantitative estimate of drug-likeness (QED) is 0.567. The van der Waals surface area contributed by atoms with E-state index in [1.807, 2.05) is 29.4 Å². The van der Waals surface area contributed by atoms with E-state index >= 15 is 0 Å². The van der Waals surface area contributed by atoms with Gasteiger partial charge in [0.15, 0.2) is 0 Å². The Kier molecular flexibility index (Phi) is 6.27. The van der Waals surface area contributed by atoms with Gasteiger partial charge < -0.3 is 4.90 Å². The van der Waals surface area contributed by atoms with Crippen LogP contribution in [0.15, 0.2) is 83.8 Å². The third kappa shape index (κ3) is 5.17. The second-order valence-corrected chi connectivity index (χ2v) is 9.11. The maximum Gasteiger partial charge on any atom is 0.230 e. The summed E-state index contributed by atoms with van der Waals surface area (Å²) in [5, 5.41) is 0. The molecular formula is C23H22FN5O2S. The average molecular weight is 452 g/mol. The van der Waals surface area contributed by atoms with Crippen molar-refractivity contribution in [3.63, 3.8) is 0 Å². The number of benzene rings is 1. The van der Waals surface area contributed by atoms with E-state index < -0.39 is 10.0 Å². The Hall–Kier alpha value is -3.59. The molecule has 32 heavy (non-hydrogen) atoms. The molecule has 0 fully saturated rings. The van der Waals surface area contributed by atoms with E-state index in [-0.39, 0.29) is 17.7 Å². The summed E-state index contributed by atoms with van der Waals surface area (Å²) < 4.78 is 39.7. The Morgan fingerprint density at radius 1 is 1.09 bits per heavy atom. The fraction of sp³-hybridized carbons (Fsp3) is 0.174. The molecule has 0 spiro atoms. The van der Waals surface area contributed by atoms with Crippen LogP contribution in [0, 0.1) is 5.82 Å². The lowest BCUT2D eigenvalue weighted by Gasteiger charge is -2.35. The highest BCUT2D eigenvalue weighted by atomic mass is 32.2. The van der Waals surface area contributed by atoms with Crippen LogP contribution in [0.4, 0.5) is 21.7 Å². The third-order valence-electron chi connectivity index (χ3n) is 4.89. The Balaban J connectivity index is 1.90. The van der Waals surface area contributed by atoms with Crippen molar-refractivity contribution in [2.45, 2.75) is 18.9 Å². The minimum absolute atomic E-state index is 0.192. The molecule has 4 rings (SSSR count). The van der Waals surface area contributed by atoms with Gasteiger partial charge in [-0.25, -0.2) is 17.8 Å². The van der Waals surface area contributed by atoms with Crippen LogP contribution in [0.3, 0.4) is 0 Å². The molecule has 0 saturated heterocycles. The number of hydrogen-bond donors (Lipinski definition) is 1. The Bertz CT molecular complexity index is 1240. The Labute approximate surface area is 186 Å². The Morgan fingerprint density at radius 3 is 2.56 bits per heavy atom. The number of pyridine rings is 2. The SMILES string of the molecule is CS(=O)(=O)Nc1cccc(N(c2ccc(F)cc2)C(C2=CN=CCC2)c2cccnc2)n1. The summed E-state index contributed by atoms with van der Waals surface area (Å²) in [6.45, 7) is 0. The normalized spacial score (nSPS) is 14.5. The highest BCUT2D eigenvalue weighted by Crippen LogP contribution is 2.40. The molecule has 1 N–H and O–H groups in total. The summed E-state index contributed by atoms with van der Waals surface area (Å²) in [6, 6.07) is 14.7. The van der Waals surface area contributed by atoms with E-state index in [9.17, 15) is 12.8 Å². The molecule has 1 unspecified atom stereocenters. The largest absolute Gasteiger partial charge is 0.315 e. The fourth-order valence-corrected chi connectivity index (χ4v) is 4.11. The van der Waals surface area contributed by atoms with Gasteiger partial charge in [0.2, 0.25) is 10.0 Å². The van der Waals surface area contributed by atoms with Gasteiger partial charge in [0, 0.05) is 30.5 Å². The van der Waals surface area contributed by atoms with Crippen molar-refractivity contribution in [2.75, 3.05) is 15.9 Å². The van der Waals surface area contributed by atoms with Gasteiger partial charge in [-0.15, -0.1) is 0 Å². The number of anilines is 3. The first kappa shape index (κ1) is 21.6. The lowest BCUT2D eigenvalue weighted by molar-refractivity contribution is 0.606. The van der Waals surface area contributed by atoms with Crippen LogP contribution in [0.5, 0.6) is 0 Å². The van der Waals surface area contributed by atoms with Gasteiger partial charge in [-0.05, 0) is 66.4 Å². The summed E-state index contributed by atoms with van der Waals surface area (Å²) in [7, 11) is -3.50. The third-order valence-corrected chi connectivity index (χ3v) is 5.47. The van der Waals surface area contributed by atoms with Crippen LogP contribution < -0.4 is 9.62 Å². The summed E-state index contributed by atoms with van der Waals surface area (Å²) in [4.78, 5) is 15.1. The van der Waals surface area contributed by atoms with E-state index in [1.54, 1.807) is 42.7 Å². The zero-order chi connectivity index (χ0) is 22.6. The molecule has 7 nitrogen and oxygen atoms in total. The minimum atomic E-state index is -3.50. The van der Waals surface area contributed by atoms with Crippen LogP contribution in [0.2, 0.25) is 0 Å². The summed E-state index contributed by atoms with van der Waals surface area (Å²) in [5.41, 5.74) is 2.64. The second-order valence-electron chi connectivity index (χ2n) is 7.36. The number of halogens is 1. The van der Waals surface area contributed by atoms with Crippen molar-refractivity contribution < 1.29 is 12.8 Å². The van der Waals surface area contributed by atoms with E-state index in [0.717, 1.165) is 30.2 Å². The molecule has 1 aliphatic heterocycles. The number of rotatable bonds is 7. The Morgan fingerprint density at radius 2 is 1.91 bits per heavy atom. The lowest BCUT2D eigenvalue weighted by Crippen LogP contribution is -2.27. The van der Waals surface area contributed by atoms with Crippen molar-refractivity contribution in [2.24, 2.45) is 4.99 Å². The number of nitrogens with zero attached hydrogens (tertiary/aromatic N) is 4. The first-order valence-electron chi connectivity index (χ1n) is 10.0. The molecule has 1 atom stereocenters. The molecule has 164 valence electrons. The van der Waals surface area contributed by atoms with Gasteiger partial charge >= 0.3 is 0 Å². The van der Waals surface area contributed by atoms with Crippen LogP contribution in [-0.4, -0.2) is 30.9 Å². The maximum atomic E-state index is 13.7. The molecule has 2 aromatic heterocycles. The zero-order valence-corrected chi connectivity index (χ0v) is 18.2. The fourth-order valence-electron chi connectivity index (χ4n) is 3.61. The molecule has 1 aliphatic rings. The van der Waals surface area contributed by atoms with Crippen molar-refractivity contribution in [1.29, 1.82) is 0 Å². The van der Waals surface area contributed by atoms with Crippen molar-refractivity contribution in [3.05, 3.63) is 90.1 Å². The van der Waals surface area contributed by atoms with Gasteiger partial charge in [0.05, 0.1) is 12.3 Å². The van der Waals surface area contributed by atoms with Crippen LogP contribution in [-0.2, 0) is 10.0 Å². The number of nitrogens with one attached hydrogen (secondary N) is 1. The predicted molar refractivity (Wildman–Crippen MR) is 124 cm³/mol. The minimum Gasteiger partial charge on any atom is -0.315 e. The molecule has 3 heterocycles. The average Bonchev–Trinajstić information content (AvgIpc) is 2.78. The monoisotopic (exact) mass is 451 g/mol. The van der Waals surface area contributed by atoms with Crippen LogP contribution in [0.1, 0.15) is 24.4 Å². The highest BCUT2D eigenvalue weighted by Gasteiger charge is 2.28. The van der Waals surface area contributed by atoms with Crippen LogP contribution in [0.25, 0.3) is 0 Å². The van der Waals surface area contributed by atoms with Crippen molar-refractivity contribution in [3.8, 4) is 0 Å². The maximum absolute atomic E-state index is 13.7. The molecular weight excluding hydrogens is 429 g/mol. The van der Waals surface area contributed by atoms with Crippen molar-refractivity contribution >= 4 is 33.6 Å². The molecule has 0 saturated carbocycles. The van der Waals surface area contributed by atoms with E-state index in [0.29, 0.717) is 11.5 Å². The standard InChI is InChI=1S/C23H22FN5O2S/c1-32(30,31)28-21-7-2-8-22(27-21)29(20-11-9-19(24)10-12-20)23(17-5-3-13-25-15-17)18-6-4-14-26-16-18/h2-3,5,7-16,23H,4,6H2,1H3,(H,27,28). The number of hydrogen-bond acceptors (Lipinski definition) is 6. The number of aliphatic imine (C=N–C) groups is 1. The molecule has 0 amide bonds. The lowest BCUT2D eigenvalue weighted by atomic mass is 9.94. The first-order chi connectivity index (χ1) is 15.4. The smallest absolute Gasteiger partial charge is 0.230 e. The number of aromatic nitrogens is 2. The number of sulfonamides is 1. The molecule has 9 heteroatoms. The summed E-state index contributed by atoms with van der Waals surface area (Å²) >= 11 is 0. The van der Waals surface area contributed by atoms with Gasteiger partial charge in [0.25, 0.3) is 0 Å². The summed E-state index contributed by atoms with van der Waals surface area (Å²) in [6.07, 6.45) is 9.81. The van der Waals surface area contributed by atoms with Crippen LogP contribution >= 0.6 is 0 Å². The first-order valence-corrected chi connectivity index (χ1v) is 11.9. The summed E-state index contributed by atoms with van der Waals surface area (Å²) in [5.74, 6) is 0.334. The van der Waals surface area contributed by atoms with Crippen molar-refractivity contribution in [1.82, 2.24) is 9.97 Å². The second kappa shape index (κ2) is 9.27. The highest BCUT2D eigenvalue weighted by molar-refractivity contribution is 7.92. The van der Waals surface area contributed by atoms with Gasteiger partial charge in [-0.1, -0.05) is 12.1 Å².